The fourth-order valence-electron chi connectivity index (χ4n) is 2.25. The van der Waals surface area contributed by atoms with Crippen LogP contribution >= 0.6 is 0 Å². The lowest BCUT2D eigenvalue weighted by molar-refractivity contribution is -0.385. The van der Waals surface area contributed by atoms with Crippen LogP contribution in [0.15, 0.2) is 18.2 Å². The highest BCUT2D eigenvalue weighted by Gasteiger charge is 2.26. The quantitative estimate of drug-likeness (QED) is 0.609. The number of nitro groups is 1. The fraction of sp³-hybridized carbons (Fsp3) is 0.500. The minimum atomic E-state index is -0.584. The molecular formula is C12H16FN3O2. The van der Waals surface area contributed by atoms with E-state index in [2.05, 4.69) is 4.90 Å². The second kappa shape index (κ2) is 4.89. The molecule has 1 aromatic rings. The van der Waals surface area contributed by atoms with E-state index in [-0.39, 0.29) is 5.69 Å². The lowest BCUT2D eigenvalue weighted by Crippen LogP contribution is -2.31. The van der Waals surface area contributed by atoms with Gasteiger partial charge < -0.3 is 9.80 Å². The minimum absolute atomic E-state index is 0.209. The monoisotopic (exact) mass is 253 g/mol. The van der Waals surface area contributed by atoms with Crippen LogP contribution in [-0.2, 0) is 0 Å². The molecule has 2 rings (SSSR count). The van der Waals surface area contributed by atoms with Gasteiger partial charge >= 0.3 is 0 Å². The van der Waals surface area contributed by atoms with Crippen molar-refractivity contribution in [3.63, 3.8) is 0 Å². The summed E-state index contributed by atoms with van der Waals surface area (Å²) in [5, 5.41) is 10.5. The zero-order chi connectivity index (χ0) is 13.3. The molecule has 0 bridgehead atoms. The van der Waals surface area contributed by atoms with Gasteiger partial charge in [0.15, 0.2) is 5.82 Å². The first-order chi connectivity index (χ1) is 8.49. The van der Waals surface area contributed by atoms with Gasteiger partial charge in [-0.25, -0.2) is 4.39 Å². The Morgan fingerprint density at radius 1 is 1.50 bits per heavy atom. The Kier molecular flexibility index (Phi) is 3.47. The number of anilines is 1. The SMILES string of the molecule is CN(C)C1CCN(c2ccc([N+](=O)[O-])cc2F)C1. The highest BCUT2D eigenvalue weighted by atomic mass is 19.1. The molecule has 0 N–H and O–H groups in total. The molecule has 1 unspecified atom stereocenters. The third-order valence-corrected chi connectivity index (χ3v) is 3.38. The normalized spacial score (nSPS) is 19.6. The third-order valence-electron chi connectivity index (χ3n) is 3.38. The van der Waals surface area contributed by atoms with Gasteiger partial charge in [0.2, 0.25) is 0 Å². The summed E-state index contributed by atoms with van der Waals surface area (Å²) in [5.41, 5.74) is 0.240. The van der Waals surface area contributed by atoms with Crippen LogP contribution in [0.3, 0.4) is 0 Å². The van der Waals surface area contributed by atoms with Crippen molar-refractivity contribution in [3.05, 3.63) is 34.1 Å². The van der Waals surface area contributed by atoms with E-state index in [1.807, 2.05) is 19.0 Å². The molecule has 0 amide bonds. The number of halogens is 1. The average Bonchev–Trinajstić information content (AvgIpc) is 2.78. The number of non-ortho nitro benzene ring substituents is 1. The lowest BCUT2D eigenvalue weighted by Gasteiger charge is -2.22. The van der Waals surface area contributed by atoms with Gasteiger partial charge in [-0.15, -0.1) is 0 Å². The first kappa shape index (κ1) is 12.8. The summed E-state index contributed by atoms with van der Waals surface area (Å²) < 4.78 is 13.8. The van der Waals surface area contributed by atoms with Crippen LogP contribution in [0.25, 0.3) is 0 Å². The maximum atomic E-state index is 13.8. The van der Waals surface area contributed by atoms with Crippen LogP contribution in [0.5, 0.6) is 0 Å². The maximum Gasteiger partial charge on any atom is 0.272 e. The van der Waals surface area contributed by atoms with Crippen LogP contribution in [0.4, 0.5) is 15.8 Å². The van der Waals surface area contributed by atoms with Gasteiger partial charge in [-0.2, -0.15) is 0 Å². The number of nitrogens with zero attached hydrogens (tertiary/aromatic N) is 3. The zero-order valence-electron chi connectivity index (χ0n) is 10.5. The van der Waals surface area contributed by atoms with Crippen LogP contribution in [0.2, 0.25) is 0 Å². The molecule has 1 heterocycles. The molecule has 1 fully saturated rings. The summed E-state index contributed by atoms with van der Waals surface area (Å²) in [5.74, 6) is -0.524. The molecule has 0 spiro atoms. The molecule has 6 heteroatoms. The smallest absolute Gasteiger partial charge is 0.272 e. The third kappa shape index (κ3) is 2.43. The number of hydrogen-bond acceptors (Lipinski definition) is 4. The lowest BCUT2D eigenvalue weighted by atomic mass is 10.2. The van der Waals surface area contributed by atoms with E-state index in [1.54, 1.807) is 0 Å². The van der Waals surface area contributed by atoms with E-state index in [4.69, 9.17) is 0 Å². The summed E-state index contributed by atoms with van der Waals surface area (Å²) in [6.07, 6.45) is 0.976. The van der Waals surface area contributed by atoms with E-state index in [9.17, 15) is 14.5 Å². The molecule has 0 aromatic heterocycles. The van der Waals surface area contributed by atoms with Crippen molar-refractivity contribution in [1.82, 2.24) is 4.90 Å². The molecule has 1 aliphatic rings. The van der Waals surface area contributed by atoms with Gasteiger partial charge in [0.1, 0.15) is 0 Å². The highest BCUT2D eigenvalue weighted by Crippen LogP contribution is 2.27. The van der Waals surface area contributed by atoms with Gasteiger partial charge in [-0.1, -0.05) is 0 Å². The van der Waals surface area contributed by atoms with Crippen molar-refractivity contribution in [3.8, 4) is 0 Å². The summed E-state index contributed by atoms with van der Waals surface area (Å²) in [4.78, 5) is 14.0. The molecule has 1 atom stereocenters. The van der Waals surface area contributed by atoms with Crippen molar-refractivity contribution in [2.75, 3.05) is 32.1 Å². The number of benzene rings is 1. The average molecular weight is 253 g/mol. The van der Waals surface area contributed by atoms with Crippen molar-refractivity contribution in [2.24, 2.45) is 0 Å². The number of likely N-dealkylation sites (N-methyl/N-ethyl adjacent to an activating group) is 1. The van der Waals surface area contributed by atoms with Crippen molar-refractivity contribution >= 4 is 11.4 Å². The zero-order valence-corrected chi connectivity index (χ0v) is 10.5. The first-order valence-corrected chi connectivity index (χ1v) is 5.84. The van der Waals surface area contributed by atoms with Gasteiger partial charge in [0.05, 0.1) is 16.7 Å². The fourth-order valence-corrected chi connectivity index (χ4v) is 2.25. The Bertz CT molecular complexity index is 465. The molecule has 18 heavy (non-hydrogen) atoms. The van der Waals surface area contributed by atoms with Crippen LogP contribution < -0.4 is 4.90 Å². The Labute approximate surface area is 105 Å². The molecule has 1 aliphatic heterocycles. The molecule has 0 aliphatic carbocycles. The predicted molar refractivity (Wildman–Crippen MR) is 67.4 cm³/mol. The summed E-state index contributed by atoms with van der Waals surface area (Å²) in [6, 6.07) is 4.23. The largest absolute Gasteiger partial charge is 0.368 e. The highest BCUT2D eigenvalue weighted by molar-refractivity contribution is 5.53. The molecule has 5 nitrogen and oxygen atoms in total. The molecule has 0 saturated carbocycles. The second-order valence-corrected chi connectivity index (χ2v) is 4.74. The van der Waals surface area contributed by atoms with Gasteiger partial charge in [0.25, 0.3) is 5.69 Å². The summed E-state index contributed by atoms with van der Waals surface area (Å²) in [7, 11) is 4.00. The van der Waals surface area contributed by atoms with Crippen molar-refractivity contribution < 1.29 is 9.31 Å². The first-order valence-electron chi connectivity index (χ1n) is 5.84. The second-order valence-electron chi connectivity index (χ2n) is 4.74. The predicted octanol–water partition coefficient (Wildman–Crippen LogP) is 1.87. The summed E-state index contributed by atoms with van der Waals surface area (Å²) >= 11 is 0. The topological polar surface area (TPSA) is 49.6 Å². The minimum Gasteiger partial charge on any atom is -0.368 e. The van der Waals surface area contributed by atoms with E-state index >= 15 is 0 Å². The van der Waals surface area contributed by atoms with Crippen molar-refractivity contribution in [2.45, 2.75) is 12.5 Å². The molecular weight excluding hydrogens is 237 g/mol. The van der Waals surface area contributed by atoms with E-state index in [1.165, 1.54) is 12.1 Å². The Hall–Kier alpha value is -1.69. The molecule has 1 saturated heterocycles. The van der Waals surface area contributed by atoms with Crippen LogP contribution in [0.1, 0.15) is 6.42 Å². The number of nitro benzene ring substituents is 1. The van der Waals surface area contributed by atoms with Crippen molar-refractivity contribution in [1.29, 1.82) is 0 Å². The number of rotatable bonds is 3. The van der Waals surface area contributed by atoms with Gasteiger partial charge in [-0.3, -0.25) is 10.1 Å². The van der Waals surface area contributed by atoms with Gasteiger partial charge in [0, 0.05) is 25.2 Å². The Morgan fingerprint density at radius 3 is 2.72 bits per heavy atom. The van der Waals surface area contributed by atoms with E-state index < -0.39 is 10.7 Å². The summed E-state index contributed by atoms with van der Waals surface area (Å²) in [6.45, 7) is 1.53. The van der Waals surface area contributed by atoms with Gasteiger partial charge in [-0.05, 0) is 26.6 Å². The van der Waals surface area contributed by atoms with Crippen LogP contribution in [0, 0.1) is 15.9 Å². The Balaban J connectivity index is 2.18. The van der Waals surface area contributed by atoms with Crippen LogP contribution in [-0.4, -0.2) is 43.0 Å². The van der Waals surface area contributed by atoms with E-state index in [0.717, 1.165) is 25.6 Å². The maximum absolute atomic E-state index is 13.8. The number of hydrogen-bond donors (Lipinski definition) is 0. The Morgan fingerprint density at radius 2 is 2.22 bits per heavy atom. The molecule has 98 valence electrons. The standard InChI is InChI=1S/C12H16FN3O2/c1-14(2)10-5-6-15(8-10)12-4-3-9(16(17)18)7-11(12)13/h3-4,7,10H,5-6,8H2,1-2H3. The van der Waals surface area contributed by atoms with E-state index in [0.29, 0.717) is 11.7 Å². The molecule has 0 radical (unpaired) electrons. The molecule has 1 aromatic carbocycles.